The van der Waals surface area contributed by atoms with Crippen molar-refractivity contribution in [1.82, 2.24) is 15.6 Å². The third-order valence-electron chi connectivity index (χ3n) is 3.91. The summed E-state index contributed by atoms with van der Waals surface area (Å²) in [6.45, 7) is 4.50. The van der Waals surface area contributed by atoms with Gasteiger partial charge in [0.1, 0.15) is 0 Å². The van der Waals surface area contributed by atoms with Crippen molar-refractivity contribution in [2.24, 2.45) is 4.99 Å². The summed E-state index contributed by atoms with van der Waals surface area (Å²) in [7, 11) is 1.69. The zero-order chi connectivity index (χ0) is 20.5. The first-order valence-corrected chi connectivity index (χ1v) is 9.82. The van der Waals surface area contributed by atoms with Crippen LogP contribution in [0.15, 0.2) is 23.2 Å². The summed E-state index contributed by atoms with van der Waals surface area (Å²) in [4.78, 5) is 9.95. The number of guanidine groups is 1. The number of aromatic nitrogens is 1. The lowest BCUT2D eigenvalue weighted by atomic mass is 10.2. The van der Waals surface area contributed by atoms with Gasteiger partial charge in [0.2, 0.25) is 0 Å². The highest BCUT2D eigenvalue weighted by Crippen LogP contribution is 2.29. The lowest BCUT2D eigenvalue weighted by Crippen LogP contribution is -2.37. The third kappa shape index (κ3) is 8.29. The average molecular weight is 540 g/mol. The fourth-order valence-corrected chi connectivity index (χ4v) is 3.40. The number of aryl methyl sites for hydroxylation is 2. The molecule has 2 aromatic rings. The SMILES string of the molecule is CCOc1cc(CNC(=NC)NCCc2nc(C)c(C)s2)ccc1OC(F)F.I. The van der Waals surface area contributed by atoms with Gasteiger partial charge in [-0.1, -0.05) is 6.07 Å². The number of ether oxygens (including phenoxy) is 2. The number of hydrogen-bond acceptors (Lipinski definition) is 5. The van der Waals surface area contributed by atoms with Gasteiger partial charge in [-0.15, -0.1) is 35.3 Å². The van der Waals surface area contributed by atoms with E-state index in [-0.39, 0.29) is 29.7 Å². The van der Waals surface area contributed by atoms with E-state index in [1.807, 2.05) is 6.92 Å². The van der Waals surface area contributed by atoms with E-state index in [4.69, 9.17) is 4.74 Å². The van der Waals surface area contributed by atoms with Crippen molar-refractivity contribution in [3.63, 3.8) is 0 Å². The summed E-state index contributed by atoms with van der Waals surface area (Å²) >= 11 is 1.70. The van der Waals surface area contributed by atoms with Crippen molar-refractivity contribution >= 4 is 41.3 Å². The van der Waals surface area contributed by atoms with Crippen molar-refractivity contribution < 1.29 is 18.3 Å². The number of thiazole rings is 1. The number of benzene rings is 1. The molecule has 0 aliphatic heterocycles. The summed E-state index contributed by atoms with van der Waals surface area (Å²) < 4.78 is 34.9. The van der Waals surface area contributed by atoms with E-state index in [2.05, 4.69) is 32.3 Å². The van der Waals surface area contributed by atoms with Gasteiger partial charge in [-0.25, -0.2) is 4.98 Å². The van der Waals surface area contributed by atoms with Gasteiger partial charge in [0, 0.05) is 31.4 Å². The maximum atomic E-state index is 12.5. The zero-order valence-corrected chi connectivity index (χ0v) is 20.1. The van der Waals surface area contributed by atoms with E-state index in [1.165, 1.54) is 10.9 Å². The summed E-state index contributed by atoms with van der Waals surface area (Å²) in [5.41, 5.74) is 1.94. The van der Waals surface area contributed by atoms with Gasteiger partial charge < -0.3 is 20.1 Å². The Morgan fingerprint density at radius 1 is 1.24 bits per heavy atom. The number of hydrogen-bond donors (Lipinski definition) is 2. The van der Waals surface area contributed by atoms with Crippen LogP contribution in [0, 0.1) is 13.8 Å². The number of nitrogens with zero attached hydrogens (tertiary/aromatic N) is 2. The minimum Gasteiger partial charge on any atom is -0.490 e. The molecule has 0 aliphatic carbocycles. The van der Waals surface area contributed by atoms with Crippen LogP contribution in [0.5, 0.6) is 11.5 Å². The summed E-state index contributed by atoms with van der Waals surface area (Å²) in [6.07, 6.45) is 0.814. The Labute approximate surface area is 191 Å². The second-order valence-electron chi connectivity index (χ2n) is 5.94. The van der Waals surface area contributed by atoms with Gasteiger partial charge in [-0.05, 0) is 38.5 Å². The minimum absolute atomic E-state index is 0. The van der Waals surface area contributed by atoms with E-state index in [1.54, 1.807) is 37.4 Å². The molecule has 2 N–H and O–H groups in total. The Morgan fingerprint density at radius 2 is 2.00 bits per heavy atom. The highest BCUT2D eigenvalue weighted by Gasteiger charge is 2.12. The normalized spacial score (nSPS) is 11.2. The van der Waals surface area contributed by atoms with Gasteiger partial charge in [0.05, 0.1) is 17.3 Å². The van der Waals surface area contributed by atoms with Gasteiger partial charge in [0.25, 0.3) is 0 Å². The van der Waals surface area contributed by atoms with Crippen molar-refractivity contribution in [2.45, 2.75) is 40.3 Å². The first-order chi connectivity index (χ1) is 13.4. The number of halogens is 3. The average Bonchev–Trinajstić information content (AvgIpc) is 2.97. The standard InChI is InChI=1S/C19H26F2N4O2S.HI/c1-5-26-16-10-14(6-7-15(16)27-18(20)21)11-24-19(22-4)23-9-8-17-25-12(2)13(3)28-17;/h6-7,10,18H,5,8-9,11H2,1-4H3,(H2,22,23,24);1H. The smallest absolute Gasteiger partial charge is 0.387 e. The molecule has 2 rings (SSSR count). The second-order valence-corrected chi connectivity index (χ2v) is 7.23. The molecule has 0 saturated heterocycles. The number of aliphatic imine (C=N–C) groups is 1. The molecule has 162 valence electrons. The van der Waals surface area contributed by atoms with E-state index >= 15 is 0 Å². The first-order valence-electron chi connectivity index (χ1n) is 9.00. The monoisotopic (exact) mass is 540 g/mol. The quantitative estimate of drug-likeness (QED) is 0.283. The van der Waals surface area contributed by atoms with Crippen molar-refractivity contribution in [1.29, 1.82) is 0 Å². The third-order valence-corrected chi connectivity index (χ3v) is 5.04. The molecule has 29 heavy (non-hydrogen) atoms. The minimum atomic E-state index is -2.89. The molecule has 10 heteroatoms. The zero-order valence-electron chi connectivity index (χ0n) is 16.9. The van der Waals surface area contributed by atoms with Crippen LogP contribution in [0.25, 0.3) is 0 Å². The molecule has 0 unspecified atom stereocenters. The Bertz CT molecular complexity index is 783. The molecule has 1 aromatic carbocycles. The fraction of sp³-hybridized carbons (Fsp3) is 0.474. The van der Waals surface area contributed by atoms with Crippen LogP contribution < -0.4 is 20.1 Å². The molecule has 6 nitrogen and oxygen atoms in total. The summed E-state index contributed by atoms with van der Waals surface area (Å²) in [5.74, 6) is 0.965. The van der Waals surface area contributed by atoms with E-state index in [0.29, 0.717) is 31.4 Å². The Morgan fingerprint density at radius 3 is 2.59 bits per heavy atom. The topological polar surface area (TPSA) is 67.8 Å². The lowest BCUT2D eigenvalue weighted by Gasteiger charge is -2.14. The maximum absolute atomic E-state index is 12.5. The first kappa shape index (κ1) is 25.3. The number of alkyl halides is 2. The number of nitrogens with one attached hydrogen (secondary N) is 2. The highest BCUT2D eigenvalue weighted by molar-refractivity contribution is 14.0. The number of rotatable bonds is 9. The second kappa shape index (κ2) is 12.8. The summed E-state index contributed by atoms with van der Waals surface area (Å²) in [5, 5.41) is 7.53. The molecular weight excluding hydrogens is 513 g/mol. The Hall–Kier alpha value is -1.69. The fourth-order valence-electron chi connectivity index (χ4n) is 2.46. The van der Waals surface area contributed by atoms with Crippen LogP contribution in [0.2, 0.25) is 0 Å². The predicted molar refractivity (Wildman–Crippen MR) is 123 cm³/mol. The molecule has 0 amide bonds. The van der Waals surface area contributed by atoms with Crippen LogP contribution in [0.4, 0.5) is 8.78 Å². The van der Waals surface area contributed by atoms with Crippen molar-refractivity contribution in [2.75, 3.05) is 20.2 Å². The van der Waals surface area contributed by atoms with Crippen molar-refractivity contribution in [3.8, 4) is 11.5 Å². The van der Waals surface area contributed by atoms with Crippen molar-refractivity contribution in [3.05, 3.63) is 39.3 Å². The van der Waals surface area contributed by atoms with Crippen LogP contribution in [-0.4, -0.2) is 37.8 Å². The van der Waals surface area contributed by atoms with E-state index in [0.717, 1.165) is 22.7 Å². The molecule has 0 bridgehead atoms. The molecule has 1 heterocycles. The van der Waals surface area contributed by atoms with E-state index in [9.17, 15) is 8.78 Å². The molecule has 0 fully saturated rings. The van der Waals surface area contributed by atoms with Crippen LogP contribution in [-0.2, 0) is 13.0 Å². The van der Waals surface area contributed by atoms with Crippen LogP contribution in [0.3, 0.4) is 0 Å². The van der Waals surface area contributed by atoms with Crippen LogP contribution >= 0.6 is 35.3 Å². The van der Waals surface area contributed by atoms with E-state index < -0.39 is 6.61 Å². The Balaban J connectivity index is 0.00000420. The molecule has 0 spiro atoms. The van der Waals surface area contributed by atoms with Gasteiger partial charge in [0.15, 0.2) is 17.5 Å². The maximum Gasteiger partial charge on any atom is 0.387 e. The molecule has 1 aromatic heterocycles. The molecule has 0 atom stereocenters. The van der Waals surface area contributed by atoms with Gasteiger partial charge >= 0.3 is 6.61 Å². The lowest BCUT2D eigenvalue weighted by molar-refractivity contribution is -0.0514. The molecule has 0 aliphatic rings. The summed E-state index contributed by atoms with van der Waals surface area (Å²) in [6, 6.07) is 4.88. The van der Waals surface area contributed by atoms with Crippen LogP contribution in [0.1, 0.15) is 28.1 Å². The Kier molecular flexibility index (Phi) is 11.2. The van der Waals surface area contributed by atoms with Gasteiger partial charge in [-0.2, -0.15) is 8.78 Å². The van der Waals surface area contributed by atoms with Gasteiger partial charge in [-0.3, -0.25) is 4.99 Å². The molecule has 0 saturated carbocycles. The largest absolute Gasteiger partial charge is 0.490 e. The predicted octanol–water partition coefficient (Wildman–Crippen LogP) is 4.29. The molecule has 0 radical (unpaired) electrons. The highest BCUT2D eigenvalue weighted by atomic mass is 127. The molecular formula is C19H27F2IN4O2S.